The minimum absolute atomic E-state index is 0.229. The van der Waals surface area contributed by atoms with E-state index in [1.165, 1.54) is 5.56 Å². The molecule has 0 aromatic heterocycles. The molecule has 1 saturated carbocycles. The minimum Gasteiger partial charge on any atom is -0.424 e. The molecule has 3 rings (SSSR count). The summed E-state index contributed by atoms with van der Waals surface area (Å²) >= 11 is 0. The van der Waals surface area contributed by atoms with Gasteiger partial charge in [-0.25, -0.2) is 0 Å². The number of carbonyl (C=O) groups is 1. The van der Waals surface area contributed by atoms with E-state index in [-0.39, 0.29) is 5.97 Å². The third-order valence-corrected chi connectivity index (χ3v) is 5.79. The van der Waals surface area contributed by atoms with Crippen LogP contribution in [0.3, 0.4) is 0 Å². The summed E-state index contributed by atoms with van der Waals surface area (Å²) in [6.45, 7) is 4.17. The van der Waals surface area contributed by atoms with Crippen LogP contribution in [0.2, 0.25) is 0 Å². The molecule has 0 radical (unpaired) electrons. The van der Waals surface area contributed by atoms with Crippen LogP contribution in [0.15, 0.2) is 42.5 Å². The van der Waals surface area contributed by atoms with E-state index in [2.05, 4.69) is 37.3 Å². The molecule has 0 aliphatic heterocycles. The van der Waals surface area contributed by atoms with E-state index in [1.54, 1.807) is 6.07 Å². The number of aryl methyl sites for hydroxylation is 2. The first-order valence-corrected chi connectivity index (χ1v) is 9.97. The van der Waals surface area contributed by atoms with Crippen molar-refractivity contribution < 1.29 is 9.53 Å². The van der Waals surface area contributed by atoms with E-state index >= 15 is 0 Å². The first-order valence-electron chi connectivity index (χ1n) is 9.97. The SMILES string of the molecule is CCc1ccc(C2(C(=O)Oc3ccc(CC)cc3C#N)CCCCC2)cc1. The highest BCUT2D eigenvalue weighted by molar-refractivity contribution is 5.85. The second kappa shape index (κ2) is 8.39. The van der Waals surface area contributed by atoms with Gasteiger partial charge in [-0.05, 0) is 54.5 Å². The average Bonchev–Trinajstić information content (AvgIpc) is 2.74. The van der Waals surface area contributed by atoms with Gasteiger partial charge in [0, 0.05) is 0 Å². The van der Waals surface area contributed by atoms with Crippen molar-refractivity contribution >= 4 is 5.97 Å². The van der Waals surface area contributed by atoms with Crippen molar-refractivity contribution in [2.24, 2.45) is 0 Å². The molecule has 0 atom stereocenters. The van der Waals surface area contributed by atoms with Crippen molar-refractivity contribution in [3.05, 3.63) is 64.7 Å². The zero-order valence-electron chi connectivity index (χ0n) is 16.3. The number of rotatable bonds is 5. The van der Waals surface area contributed by atoms with E-state index in [0.29, 0.717) is 11.3 Å². The smallest absolute Gasteiger partial charge is 0.321 e. The highest BCUT2D eigenvalue weighted by atomic mass is 16.5. The van der Waals surface area contributed by atoms with Crippen molar-refractivity contribution in [1.29, 1.82) is 5.26 Å². The molecule has 0 unspecified atom stereocenters. The molecule has 0 bridgehead atoms. The molecule has 1 aliphatic rings. The van der Waals surface area contributed by atoms with Crippen LogP contribution in [0, 0.1) is 11.3 Å². The monoisotopic (exact) mass is 361 g/mol. The Kier molecular flexibility index (Phi) is 5.96. The van der Waals surface area contributed by atoms with E-state index in [9.17, 15) is 10.1 Å². The van der Waals surface area contributed by atoms with Gasteiger partial charge >= 0.3 is 5.97 Å². The molecule has 2 aromatic rings. The summed E-state index contributed by atoms with van der Waals surface area (Å²) in [5.74, 6) is 0.141. The summed E-state index contributed by atoms with van der Waals surface area (Å²) in [5.41, 5.74) is 3.18. The summed E-state index contributed by atoms with van der Waals surface area (Å²) in [5, 5.41) is 9.46. The maximum Gasteiger partial charge on any atom is 0.321 e. The fraction of sp³-hybridized carbons (Fsp3) is 0.417. The minimum atomic E-state index is -0.610. The Hall–Kier alpha value is -2.60. The van der Waals surface area contributed by atoms with Crippen LogP contribution >= 0.6 is 0 Å². The van der Waals surface area contributed by atoms with Gasteiger partial charge in [-0.1, -0.05) is 63.4 Å². The predicted molar refractivity (Wildman–Crippen MR) is 107 cm³/mol. The third-order valence-electron chi connectivity index (χ3n) is 5.79. The van der Waals surface area contributed by atoms with Crippen LogP contribution in [-0.2, 0) is 23.1 Å². The summed E-state index contributed by atoms with van der Waals surface area (Å²) < 4.78 is 5.83. The second-order valence-electron chi connectivity index (χ2n) is 7.38. The molecular weight excluding hydrogens is 334 g/mol. The van der Waals surface area contributed by atoms with Crippen LogP contribution in [0.25, 0.3) is 0 Å². The zero-order valence-corrected chi connectivity index (χ0v) is 16.3. The molecule has 1 fully saturated rings. The fourth-order valence-corrected chi connectivity index (χ4v) is 4.00. The van der Waals surface area contributed by atoms with Gasteiger partial charge in [0.25, 0.3) is 0 Å². The molecule has 1 aliphatic carbocycles. The molecule has 140 valence electrons. The predicted octanol–water partition coefficient (Wildman–Crippen LogP) is 5.49. The summed E-state index contributed by atoms with van der Waals surface area (Å²) in [6.07, 6.45) is 6.61. The summed E-state index contributed by atoms with van der Waals surface area (Å²) in [6, 6.07) is 16.0. The molecular formula is C24H27NO2. The van der Waals surface area contributed by atoms with Gasteiger partial charge in [-0.15, -0.1) is 0 Å². The molecule has 2 aromatic carbocycles. The first kappa shape index (κ1) is 19.2. The quantitative estimate of drug-likeness (QED) is 0.522. The second-order valence-corrected chi connectivity index (χ2v) is 7.38. The van der Waals surface area contributed by atoms with Crippen molar-refractivity contribution in [3.8, 4) is 11.8 Å². The van der Waals surface area contributed by atoms with Gasteiger partial charge in [-0.3, -0.25) is 4.79 Å². The lowest BCUT2D eigenvalue weighted by Gasteiger charge is -2.35. The number of hydrogen-bond donors (Lipinski definition) is 0. The lowest BCUT2D eigenvalue weighted by molar-refractivity contribution is -0.142. The molecule has 27 heavy (non-hydrogen) atoms. The Morgan fingerprint density at radius 2 is 1.63 bits per heavy atom. The van der Waals surface area contributed by atoms with Crippen molar-refractivity contribution in [2.75, 3.05) is 0 Å². The number of carbonyl (C=O) groups excluding carboxylic acids is 1. The molecule has 0 spiro atoms. The standard InChI is InChI=1S/C24H27NO2/c1-3-18-8-11-21(12-9-18)24(14-6-5-7-15-24)23(26)27-22-13-10-19(4-2)16-20(22)17-25/h8-13,16H,3-7,14-15H2,1-2H3. The molecule has 0 N–H and O–H groups in total. The van der Waals surface area contributed by atoms with Gasteiger partial charge in [0.15, 0.2) is 0 Å². The topological polar surface area (TPSA) is 50.1 Å². The number of nitriles is 1. The highest BCUT2D eigenvalue weighted by Gasteiger charge is 2.43. The van der Waals surface area contributed by atoms with Crippen LogP contribution < -0.4 is 4.74 Å². The van der Waals surface area contributed by atoms with E-state index < -0.39 is 5.41 Å². The lowest BCUT2D eigenvalue weighted by atomic mass is 9.69. The van der Waals surface area contributed by atoms with Gasteiger partial charge < -0.3 is 4.74 Å². The van der Waals surface area contributed by atoms with Crippen LogP contribution in [0.5, 0.6) is 5.75 Å². The maximum atomic E-state index is 13.3. The van der Waals surface area contributed by atoms with Crippen LogP contribution in [0.4, 0.5) is 0 Å². The third kappa shape index (κ3) is 3.90. The zero-order chi connectivity index (χ0) is 19.3. The van der Waals surface area contributed by atoms with Gasteiger partial charge in [0.2, 0.25) is 0 Å². The fourth-order valence-electron chi connectivity index (χ4n) is 4.00. The van der Waals surface area contributed by atoms with Crippen LogP contribution in [-0.4, -0.2) is 5.97 Å². The molecule has 0 amide bonds. The Morgan fingerprint density at radius 3 is 2.22 bits per heavy atom. The number of ether oxygens (including phenoxy) is 1. The molecule has 0 saturated heterocycles. The van der Waals surface area contributed by atoms with Crippen molar-refractivity contribution in [2.45, 2.75) is 64.2 Å². The Balaban J connectivity index is 1.93. The molecule has 0 heterocycles. The highest BCUT2D eigenvalue weighted by Crippen LogP contribution is 2.41. The van der Waals surface area contributed by atoms with E-state index in [0.717, 1.165) is 56.1 Å². The van der Waals surface area contributed by atoms with Crippen molar-refractivity contribution in [1.82, 2.24) is 0 Å². The van der Waals surface area contributed by atoms with Crippen molar-refractivity contribution in [3.63, 3.8) is 0 Å². The number of esters is 1. The molecule has 3 nitrogen and oxygen atoms in total. The normalized spacial score (nSPS) is 15.7. The van der Waals surface area contributed by atoms with Gasteiger partial charge in [0.05, 0.1) is 11.0 Å². The Bertz CT molecular complexity index is 840. The summed E-state index contributed by atoms with van der Waals surface area (Å²) in [4.78, 5) is 13.3. The Morgan fingerprint density at radius 1 is 1.00 bits per heavy atom. The first-order chi connectivity index (χ1) is 13.1. The largest absolute Gasteiger partial charge is 0.424 e. The maximum absolute atomic E-state index is 13.3. The number of benzene rings is 2. The van der Waals surface area contributed by atoms with E-state index in [4.69, 9.17) is 4.74 Å². The van der Waals surface area contributed by atoms with Gasteiger partial charge in [-0.2, -0.15) is 5.26 Å². The van der Waals surface area contributed by atoms with Crippen LogP contribution in [0.1, 0.15) is 68.2 Å². The number of hydrogen-bond acceptors (Lipinski definition) is 3. The van der Waals surface area contributed by atoms with Gasteiger partial charge in [0.1, 0.15) is 11.8 Å². The number of nitrogens with zero attached hydrogens (tertiary/aromatic N) is 1. The van der Waals surface area contributed by atoms with E-state index in [1.807, 2.05) is 19.1 Å². The Labute approximate surface area is 162 Å². The average molecular weight is 361 g/mol. The molecule has 3 heteroatoms. The lowest BCUT2D eigenvalue weighted by Crippen LogP contribution is -2.41. The summed E-state index contributed by atoms with van der Waals surface area (Å²) in [7, 11) is 0.